The molecule has 0 spiro atoms. The Bertz CT molecular complexity index is 659. The third kappa shape index (κ3) is 3.21. The fourth-order valence-corrected chi connectivity index (χ4v) is 2.07. The number of rotatable bonds is 4. The number of hydrogen-bond acceptors (Lipinski definition) is 2. The first-order valence-electron chi connectivity index (χ1n) is 5.57. The number of ether oxygens (including phenoxy) is 1. The number of benzene rings is 2. The SMILES string of the molecule is O=C(O)c1c(Cl)cccc1OCc1ccc(F)c(Cl)c1. The van der Waals surface area contributed by atoms with Gasteiger partial charge in [0.2, 0.25) is 0 Å². The number of aromatic carboxylic acids is 1. The highest BCUT2D eigenvalue weighted by Gasteiger charge is 2.15. The van der Waals surface area contributed by atoms with E-state index in [9.17, 15) is 9.18 Å². The number of halogens is 3. The van der Waals surface area contributed by atoms with Gasteiger partial charge in [0, 0.05) is 0 Å². The van der Waals surface area contributed by atoms with Gasteiger partial charge >= 0.3 is 5.97 Å². The molecular formula is C14H9Cl2FO3. The van der Waals surface area contributed by atoms with E-state index in [0.29, 0.717) is 5.56 Å². The summed E-state index contributed by atoms with van der Waals surface area (Å²) in [6, 6.07) is 8.69. The van der Waals surface area contributed by atoms with Crippen LogP contribution in [0, 0.1) is 5.82 Å². The van der Waals surface area contributed by atoms with E-state index in [1.807, 2.05) is 0 Å². The second-order valence-electron chi connectivity index (χ2n) is 3.96. The van der Waals surface area contributed by atoms with Crippen molar-refractivity contribution in [3.05, 3.63) is 63.4 Å². The molecular weight excluding hydrogens is 306 g/mol. The normalized spacial score (nSPS) is 10.3. The third-order valence-electron chi connectivity index (χ3n) is 2.57. The van der Waals surface area contributed by atoms with E-state index in [0.717, 1.165) is 0 Å². The zero-order valence-electron chi connectivity index (χ0n) is 10.1. The second kappa shape index (κ2) is 6.11. The van der Waals surface area contributed by atoms with E-state index >= 15 is 0 Å². The summed E-state index contributed by atoms with van der Waals surface area (Å²) < 4.78 is 18.4. The molecule has 0 fully saturated rings. The van der Waals surface area contributed by atoms with Crippen LogP contribution in [0.15, 0.2) is 36.4 Å². The van der Waals surface area contributed by atoms with E-state index in [1.54, 1.807) is 6.07 Å². The van der Waals surface area contributed by atoms with Gasteiger partial charge in [-0.3, -0.25) is 0 Å². The van der Waals surface area contributed by atoms with E-state index in [2.05, 4.69) is 0 Å². The van der Waals surface area contributed by atoms with Gasteiger partial charge in [0.1, 0.15) is 23.7 Å². The lowest BCUT2D eigenvalue weighted by atomic mass is 10.2. The van der Waals surface area contributed by atoms with Gasteiger partial charge < -0.3 is 9.84 Å². The van der Waals surface area contributed by atoms with Crippen LogP contribution in [0.25, 0.3) is 0 Å². The van der Waals surface area contributed by atoms with Crippen molar-refractivity contribution in [2.75, 3.05) is 0 Å². The molecule has 0 aliphatic carbocycles. The standard InChI is InChI=1S/C14H9Cl2FO3/c15-9-2-1-3-12(13(9)14(18)19)20-7-8-4-5-11(17)10(16)6-8/h1-6H,7H2,(H,18,19). The molecule has 2 rings (SSSR count). The molecule has 3 nitrogen and oxygen atoms in total. The largest absolute Gasteiger partial charge is 0.488 e. The maximum absolute atomic E-state index is 13.0. The first kappa shape index (κ1) is 14.6. The van der Waals surface area contributed by atoms with Crippen LogP contribution in [-0.2, 0) is 6.61 Å². The summed E-state index contributed by atoms with van der Waals surface area (Å²) in [6.45, 7) is 0.0562. The van der Waals surface area contributed by atoms with Crippen molar-refractivity contribution in [1.29, 1.82) is 0 Å². The van der Waals surface area contributed by atoms with Gasteiger partial charge in [-0.15, -0.1) is 0 Å². The Balaban J connectivity index is 2.21. The quantitative estimate of drug-likeness (QED) is 0.909. The predicted octanol–water partition coefficient (Wildman–Crippen LogP) is 4.41. The lowest BCUT2D eigenvalue weighted by Gasteiger charge is -2.10. The van der Waals surface area contributed by atoms with Crippen molar-refractivity contribution < 1.29 is 19.0 Å². The minimum Gasteiger partial charge on any atom is -0.488 e. The highest BCUT2D eigenvalue weighted by Crippen LogP contribution is 2.27. The number of carbonyl (C=O) groups is 1. The van der Waals surface area contributed by atoms with Crippen molar-refractivity contribution >= 4 is 29.2 Å². The Morgan fingerprint density at radius 2 is 1.95 bits per heavy atom. The van der Waals surface area contributed by atoms with E-state index < -0.39 is 11.8 Å². The summed E-state index contributed by atoms with van der Waals surface area (Å²) >= 11 is 11.5. The zero-order valence-corrected chi connectivity index (χ0v) is 11.6. The minimum absolute atomic E-state index is 0.0179. The smallest absolute Gasteiger partial charge is 0.341 e. The molecule has 0 saturated carbocycles. The van der Waals surface area contributed by atoms with Crippen LogP contribution < -0.4 is 4.74 Å². The maximum atomic E-state index is 13.0. The summed E-state index contributed by atoms with van der Waals surface area (Å²) in [7, 11) is 0. The molecule has 0 heterocycles. The summed E-state index contributed by atoms with van der Waals surface area (Å²) in [6.07, 6.45) is 0. The average molecular weight is 315 g/mol. The summed E-state index contributed by atoms with van der Waals surface area (Å²) in [5.74, 6) is -1.56. The molecule has 6 heteroatoms. The molecule has 0 aliphatic rings. The van der Waals surface area contributed by atoms with Gasteiger partial charge in [-0.25, -0.2) is 9.18 Å². The lowest BCUT2D eigenvalue weighted by Crippen LogP contribution is -2.04. The van der Waals surface area contributed by atoms with Crippen LogP contribution in [0.1, 0.15) is 15.9 Å². The van der Waals surface area contributed by atoms with Crippen LogP contribution in [0.2, 0.25) is 10.0 Å². The number of carboxylic acid groups (broad SMARTS) is 1. The van der Waals surface area contributed by atoms with Gasteiger partial charge in [0.05, 0.1) is 10.0 Å². The predicted molar refractivity (Wildman–Crippen MR) is 74.2 cm³/mol. The van der Waals surface area contributed by atoms with Crippen molar-refractivity contribution in [3.63, 3.8) is 0 Å². The molecule has 0 aromatic heterocycles. The average Bonchev–Trinajstić information content (AvgIpc) is 2.39. The van der Waals surface area contributed by atoms with Crippen molar-refractivity contribution in [2.24, 2.45) is 0 Å². The van der Waals surface area contributed by atoms with E-state index in [1.165, 1.54) is 30.3 Å². The highest BCUT2D eigenvalue weighted by atomic mass is 35.5. The Labute approximate surface area is 124 Å². The number of hydrogen-bond donors (Lipinski definition) is 1. The molecule has 2 aromatic rings. The monoisotopic (exact) mass is 314 g/mol. The molecule has 1 N–H and O–H groups in total. The first-order chi connectivity index (χ1) is 9.49. The van der Waals surface area contributed by atoms with E-state index in [4.69, 9.17) is 33.0 Å². The van der Waals surface area contributed by atoms with Gasteiger partial charge in [0.25, 0.3) is 0 Å². The molecule has 20 heavy (non-hydrogen) atoms. The van der Waals surface area contributed by atoms with Crippen molar-refractivity contribution in [2.45, 2.75) is 6.61 Å². The third-order valence-corrected chi connectivity index (χ3v) is 3.17. The fourth-order valence-electron chi connectivity index (χ4n) is 1.62. The molecule has 0 amide bonds. The topological polar surface area (TPSA) is 46.5 Å². The number of carboxylic acids is 1. The Morgan fingerprint density at radius 3 is 2.60 bits per heavy atom. The highest BCUT2D eigenvalue weighted by molar-refractivity contribution is 6.33. The van der Waals surface area contributed by atoms with Gasteiger partial charge in [-0.1, -0.05) is 35.3 Å². The Hall–Kier alpha value is -1.78. The summed E-state index contributed by atoms with van der Waals surface area (Å²) in [4.78, 5) is 11.1. The summed E-state index contributed by atoms with van der Waals surface area (Å²) in [5, 5.41) is 9.16. The molecule has 0 bridgehead atoms. The van der Waals surface area contributed by atoms with Crippen LogP contribution in [-0.4, -0.2) is 11.1 Å². The van der Waals surface area contributed by atoms with E-state index in [-0.39, 0.29) is 28.0 Å². The van der Waals surface area contributed by atoms with Gasteiger partial charge in [0.15, 0.2) is 0 Å². The molecule has 2 aromatic carbocycles. The zero-order chi connectivity index (χ0) is 14.7. The van der Waals surface area contributed by atoms with Gasteiger partial charge in [-0.05, 0) is 29.8 Å². The minimum atomic E-state index is -1.18. The molecule has 0 aliphatic heterocycles. The van der Waals surface area contributed by atoms with Gasteiger partial charge in [-0.2, -0.15) is 0 Å². The first-order valence-corrected chi connectivity index (χ1v) is 6.33. The second-order valence-corrected chi connectivity index (χ2v) is 4.77. The molecule has 0 radical (unpaired) electrons. The van der Waals surface area contributed by atoms with Crippen molar-refractivity contribution in [1.82, 2.24) is 0 Å². The molecule has 0 unspecified atom stereocenters. The lowest BCUT2D eigenvalue weighted by molar-refractivity contribution is 0.0692. The van der Waals surface area contributed by atoms with Crippen molar-refractivity contribution in [3.8, 4) is 5.75 Å². The molecule has 104 valence electrons. The summed E-state index contributed by atoms with van der Waals surface area (Å²) in [5.41, 5.74) is 0.509. The molecule has 0 atom stereocenters. The van der Waals surface area contributed by atoms with Crippen LogP contribution in [0.4, 0.5) is 4.39 Å². The maximum Gasteiger partial charge on any atom is 0.341 e. The fraction of sp³-hybridized carbons (Fsp3) is 0.0714. The Morgan fingerprint density at radius 1 is 1.20 bits per heavy atom. The molecule has 0 saturated heterocycles. The van der Waals surface area contributed by atoms with Crippen LogP contribution >= 0.6 is 23.2 Å². The van der Waals surface area contributed by atoms with Crippen LogP contribution in [0.3, 0.4) is 0 Å². The van der Waals surface area contributed by atoms with Crippen LogP contribution in [0.5, 0.6) is 5.75 Å². The Kier molecular flexibility index (Phi) is 4.47.